The molecule has 0 bridgehead atoms. The van der Waals surface area contributed by atoms with E-state index >= 15 is 0 Å². The lowest BCUT2D eigenvalue weighted by Crippen LogP contribution is -2.15. The van der Waals surface area contributed by atoms with Crippen LogP contribution < -0.4 is 4.74 Å². The minimum absolute atomic E-state index is 0.00519. The summed E-state index contributed by atoms with van der Waals surface area (Å²) in [7, 11) is 0. The van der Waals surface area contributed by atoms with Gasteiger partial charge in [0.05, 0.1) is 10.0 Å². The first kappa shape index (κ1) is 21.3. The van der Waals surface area contributed by atoms with E-state index in [9.17, 15) is 4.79 Å². The third-order valence-electron chi connectivity index (χ3n) is 4.39. The molecule has 0 saturated heterocycles. The molecule has 29 heavy (non-hydrogen) atoms. The zero-order valence-corrected chi connectivity index (χ0v) is 18.0. The van der Waals surface area contributed by atoms with Gasteiger partial charge in [-0.3, -0.25) is 0 Å². The highest BCUT2D eigenvalue weighted by Crippen LogP contribution is 2.34. The van der Waals surface area contributed by atoms with Gasteiger partial charge in [-0.15, -0.1) is 0 Å². The van der Waals surface area contributed by atoms with E-state index in [-0.39, 0.29) is 13.2 Å². The Morgan fingerprint density at radius 2 is 1.90 bits per heavy atom. The van der Waals surface area contributed by atoms with Gasteiger partial charge in [0.2, 0.25) is 0 Å². The molecule has 4 nitrogen and oxygen atoms in total. The highest BCUT2D eigenvalue weighted by molar-refractivity contribution is 6.43. The van der Waals surface area contributed by atoms with E-state index in [0.29, 0.717) is 38.8 Å². The smallest absolute Gasteiger partial charge is 0.344 e. The van der Waals surface area contributed by atoms with Crippen LogP contribution in [0.1, 0.15) is 36.7 Å². The Kier molecular flexibility index (Phi) is 6.88. The fraction of sp³-hybridized carbons (Fsp3) is 0.261. The molecule has 1 aromatic heterocycles. The number of aryl methyl sites for hydroxylation is 1. The van der Waals surface area contributed by atoms with Gasteiger partial charge < -0.3 is 13.9 Å². The predicted octanol–water partition coefficient (Wildman–Crippen LogP) is 6.81. The van der Waals surface area contributed by atoms with Crippen molar-refractivity contribution >= 4 is 29.2 Å². The molecule has 2 aromatic carbocycles. The maximum Gasteiger partial charge on any atom is 0.344 e. The lowest BCUT2D eigenvalue weighted by molar-refractivity contribution is -0.147. The number of halogens is 2. The van der Waals surface area contributed by atoms with Gasteiger partial charge in [0.1, 0.15) is 23.9 Å². The first-order valence-corrected chi connectivity index (χ1v) is 10.0. The van der Waals surface area contributed by atoms with Crippen LogP contribution in [0.4, 0.5) is 0 Å². The second-order valence-electron chi connectivity index (χ2n) is 7.01. The Hall–Kier alpha value is -2.43. The maximum absolute atomic E-state index is 12.1. The van der Waals surface area contributed by atoms with Gasteiger partial charge in [-0.1, -0.05) is 55.2 Å². The molecule has 0 aliphatic rings. The molecule has 0 fully saturated rings. The molecule has 0 amide bonds. The molecule has 0 saturated carbocycles. The van der Waals surface area contributed by atoms with E-state index in [1.54, 1.807) is 24.3 Å². The molecule has 152 valence electrons. The van der Waals surface area contributed by atoms with E-state index < -0.39 is 5.97 Å². The summed E-state index contributed by atoms with van der Waals surface area (Å²) in [5, 5.41) is 0.863. The molecular formula is C23H22Cl2O4. The number of ether oxygens (including phenoxy) is 2. The van der Waals surface area contributed by atoms with E-state index in [0.717, 1.165) is 11.1 Å². The zero-order valence-electron chi connectivity index (χ0n) is 16.5. The zero-order chi connectivity index (χ0) is 21.0. The highest BCUT2D eigenvalue weighted by atomic mass is 35.5. The number of hydrogen-bond donors (Lipinski definition) is 0. The first-order chi connectivity index (χ1) is 13.8. The molecule has 0 N–H and O–H groups in total. The van der Waals surface area contributed by atoms with E-state index in [4.69, 9.17) is 37.1 Å². The second kappa shape index (κ2) is 9.38. The second-order valence-corrected chi connectivity index (χ2v) is 7.80. The average molecular weight is 433 g/mol. The average Bonchev–Trinajstić information content (AvgIpc) is 3.15. The Labute approximate surface area is 180 Å². The van der Waals surface area contributed by atoms with Crippen LogP contribution in [0.2, 0.25) is 10.0 Å². The van der Waals surface area contributed by atoms with Crippen molar-refractivity contribution < 1.29 is 18.7 Å². The molecule has 0 aliphatic heterocycles. The topological polar surface area (TPSA) is 48.7 Å². The summed E-state index contributed by atoms with van der Waals surface area (Å²) in [6, 6.07) is 14.8. The number of carbonyl (C=O) groups excluding carboxylic acids is 1. The fourth-order valence-electron chi connectivity index (χ4n) is 2.87. The van der Waals surface area contributed by atoms with E-state index in [2.05, 4.69) is 13.8 Å². The lowest BCUT2D eigenvalue weighted by Gasteiger charge is -2.14. The highest BCUT2D eigenvalue weighted by Gasteiger charge is 2.14. The van der Waals surface area contributed by atoms with Crippen molar-refractivity contribution in [3.8, 4) is 17.1 Å². The van der Waals surface area contributed by atoms with Crippen LogP contribution in [0.5, 0.6) is 5.75 Å². The van der Waals surface area contributed by atoms with Crippen LogP contribution in [0.15, 0.2) is 52.9 Å². The van der Waals surface area contributed by atoms with Crippen LogP contribution in [0.3, 0.4) is 0 Å². The summed E-state index contributed by atoms with van der Waals surface area (Å²) in [6.45, 7) is 5.98. The van der Waals surface area contributed by atoms with Gasteiger partial charge in [0.25, 0.3) is 0 Å². The van der Waals surface area contributed by atoms with Gasteiger partial charge in [-0.2, -0.15) is 0 Å². The summed E-state index contributed by atoms with van der Waals surface area (Å²) in [5.41, 5.74) is 2.80. The van der Waals surface area contributed by atoms with Gasteiger partial charge in [0, 0.05) is 5.56 Å². The number of benzene rings is 2. The Morgan fingerprint density at radius 3 is 2.66 bits per heavy atom. The molecule has 3 aromatic rings. The fourth-order valence-corrected chi connectivity index (χ4v) is 3.26. The summed E-state index contributed by atoms with van der Waals surface area (Å²) in [4.78, 5) is 12.1. The molecule has 1 heterocycles. The van der Waals surface area contributed by atoms with Crippen molar-refractivity contribution in [1.82, 2.24) is 0 Å². The lowest BCUT2D eigenvalue weighted by atomic mass is 10.0. The van der Waals surface area contributed by atoms with Crippen LogP contribution in [0, 0.1) is 6.92 Å². The van der Waals surface area contributed by atoms with Gasteiger partial charge in [0.15, 0.2) is 6.61 Å². The molecule has 0 aliphatic carbocycles. The van der Waals surface area contributed by atoms with Crippen molar-refractivity contribution in [1.29, 1.82) is 0 Å². The third-order valence-corrected chi connectivity index (χ3v) is 5.21. The normalized spacial score (nSPS) is 11.0. The minimum Gasteiger partial charge on any atom is -0.482 e. The van der Waals surface area contributed by atoms with Crippen molar-refractivity contribution in [2.45, 2.75) is 33.3 Å². The third kappa shape index (κ3) is 5.34. The van der Waals surface area contributed by atoms with E-state index in [1.807, 2.05) is 31.2 Å². The van der Waals surface area contributed by atoms with Crippen molar-refractivity contribution in [2.75, 3.05) is 6.61 Å². The Balaban J connectivity index is 1.58. The van der Waals surface area contributed by atoms with Crippen molar-refractivity contribution in [2.24, 2.45) is 0 Å². The number of rotatable bonds is 7. The monoisotopic (exact) mass is 432 g/mol. The summed E-state index contributed by atoms with van der Waals surface area (Å²) >= 11 is 12.3. The Bertz CT molecular complexity index is 1010. The molecule has 0 radical (unpaired) electrons. The van der Waals surface area contributed by atoms with Crippen LogP contribution in [-0.2, 0) is 16.1 Å². The van der Waals surface area contributed by atoms with Gasteiger partial charge >= 0.3 is 5.97 Å². The quantitative estimate of drug-likeness (QED) is 0.384. The minimum atomic E-state index is -0.472. The molecule has 6 heteroatoms. The molecule has 0 spiro atoms. The first-order valence-electron chi connectivity index (χ1n) is 9.27. The Morgan fingerprint density at radius 1 is 1.10 bits per heavy atom. The SMILES string of the molecule is Cc1ccc(C(C)C)c(OCC(=O)OCc2ccc(-c3cccc(Cl)c3Cl)o2)c1. The van der Waals surface area contributed by atoms with Crippen LogP contribution >= 0.6 is 23.2 Å². The van der Waals surface area contributed by atoms with E-state index in [1.165, 1.54) is 0 Å². The summed E-state index contributed by atoms with van der Waals surface area (Å²) in [5.74, 6) is 1.58. The number of carbonyl (C=O) groups is 1. The van der Waals surface area contributed by atoms with Gasteiger partial charge in [-0.25, -0.2) is 4.79 Å². The molecule has 3 rings (SSSR count). The maximum atomic E-state index is 12.1. The van der Waals surface area contributed by atoms with Crippen molar-refractivity contribution in [3.05, 3.63) is 75.5 Å². The van der Waals surface area contributed by atoms with Gasteiger partial charge in [-0.05, 0) is 54.3 Å². The van der Waals surface area contributed by atoms with Crippen molar-refractivity contribution in [3.63, 3.8) is 0 Å². The van der Waals surface area contributed by atoms with Crippen LogP contribution in [0.25, 0.3) is 11.3 Å². The summed E-state index contributed by atoms with van der Waals surface area (Å²) in [6.07, 6.45) is 0. The molecule has 0 atom stereocenters. The molecule has 0 unspecified atom stereocenters. The predicted molar refractivity (Wildman–Crippen MR) is 115 cm³/mol. The largest absolute Gasteiger partial charge is 0.482 e. The standard InChI is InChI=1S/C23H22Cl2O4/c1-14(2)17-9-7-15(3)11-21(17)27-13-22(26)28-12-16-8-10-20(29-16)18-5-4-6-19(24)23(18)25/h4-11,14H,12-13H2,1-3H3. The number of esters is 1. The summed E-state index contributed by atoms with van der Waals surface area (Å²) < 4.78 is 16.7. The van der Waals surface area contributed by atoms with Crippen LogP contribution in [-0.4, -0.2) is 12.6 Å². The molecular weight excluding hydrogens is 411 g/mol. The number of furan rings is 1. The number of hydrogen-bond acceptors (Lipinski definition) is 4.